The van der Waals surface area contributed by atoms with Gasteiger partial charge in [-0.25, -0.2) is 13.4 Å². The van der Waals surface area contributed by atoms with Gasteiger partial charge in [-0.3, -0.25) is 4.79 Å². The maximum atomic E-state index is 12.8. The van der Waals surface area contributed by atoms with Crippen molar-refractivity contribution in [2.24, 2.45) is 0 Å². The van der Waals surface area contributed by atoms with Crippen LogP contribution in [0.15, 0.2) is 70.0 Å². The fourth-order valence-corrected chi connectivity index (χ4v) is 3.99. The zero-order chi connectivity index (χ0) is 22.2. The number of nitrogens with zero attached hydrogens (tertiary/aromatic N) is 2. The molecule has 0 radical (unpaired) electrons. The topological polar surface area (TPSA) is 113 Å². The van der Waals surface area contributed by atoms with E-state index in [-0.39, 0.29) is 16.0 Å². The third-order valence-electron chi connectivity index (χ3n) is 4.70. The predicted molar refractivity (Wildman–Crippen MR) is 116 cm³/mol. The number of rotatable bonds is 4. The Morgan fingerprint density at radius 2 is 1.81 bits per heavy atom. The molecule has 1 heterocycles. The molecule has 31 heavy (non-hydrogen) atoms. The summed E-state index contributed by atoms with van der Waals surface area (Å²) in [5.41, 5.74) is 3.56. The van der Waals surface area contributed by atoms with Crippen LogP contribution in [0.2, 0.25) is 0 Å². The molecule has 0 unspecified atom stereocenters. The number of carbonyl (C=O) groups excluding carboxylic acids is 1. The average Bonchev–Trinajstić information content (AvgIpc) is 3.16. The van der Waals surface area contributed by atoms with Gasteiger partial charge in [-0.2, -0.15) is 5.26 Å². The Kier molecular flexibility index (Phi) is 5.05. The van der Waals surface area contributed by atoms with Gasteiger partial charge in [-0.1, -0.05) is 17.7 Å². The van der Waals surface area contributed by atoms with Crippen LogP contribution in [0.4, 0.5) is 5.69 Å². The summed E-state index contributed by atoms with van der Waals surface area (Å²) in [6.45, 7) is 1.99. The fourth-order valence-electron chi connectivity index (χ4n) is 3.12. The van der Waals surface area contributed by atoms with E-state index in [1.54, 1.807) is 18.2 Å². The highest BCUT2D eigenvalue weighted by Crippen LogP contribution is 2.27. The third-order valence-corrected chi connectivity index (χ3v) is 5.85. The largest absolute Gasteiger partial charge is 0.436 e. The minimum atomic E-state index is -3.66. The average molecular weight is 431 g/mol. The number of nitrogens with one attached hydrogen (secondary N) is 1. The van der Waals surface area contributed by atoms with Gasteiger partial charge < -0.3 is 9.73 Å². The standard InChI is InChI=1S/C23H17N3O4S/c1-14-3-6-16(7-4-14)23-26-19-12-17(8-9-20(19)30-23)25-22(27)18-11-15(13-24)5-10-21(18)31(2,28)29/h3-12H,1-2H3,(H,25,27). The van der Waals surface area contributed by atoms with Crippen LogP contribution in [0.1, 0.15) is 21.5 Å². The quantitative estimate of drug-likeness (QED) is 0.514. The zero-order valence-electron chi connectivity index (χ0n) is 16.7. The summed E-state index contributed by atoms with van der Waals surface area (Å²) in [4.78, 5) is 17.2. The van der Waals surface area contributed by atoms with E-state index in [1.807, 2.05) is 37.3 Å². The van der Waals surface area contributed by atoms with E-state index in [0.29, 0.717) is 22.7 Å². The molecule has 0 atom stereocenters. The van der Waals surface area contributed by atoms with E-state index in [1.165, 1.54) is 18.2 Å². The highest BCUT2D eigenvalue weighted by Gasteiger charge is 2.20. The predicted octanol–water partition coefficient (Wildman–Crippen LogP) is 4.33. The van der Waals surface area contributed by atoms with E-state index in [2.05, 4.69) is 10.3 Å². The Morgan fingerprint density at radius 1 is 1.06 bits per heavy atom. The number of oxazole rings is 1. The molecule has 0 spiro atoms. The molecule has 0 aliphatic rings. The summed E-state index contributed by atoms with van der Waals surface area (Å²) in [7, 11) is -3.66. The van der Waals surface area contributed by atoms with Crippen molar-refractivity contribution in [3.63, 3.8) is 0 Å². The van der Waals surface area contributed by atoms with Crippen LogP contribution in [-0.2, 0) is 9.84 Å². The van der Waals surface area contributed by atoms with Gasteiger partial charge in [-0.15, -0.1) is 0 Å². The van der Waals surface area contributed by atoms with Gasteiger partial charge in [0.25, 0.3) is 5.91 Å². The van der Waals surface area contributed by atoms with Crippen LogP contribution in [0, 0.1) is 18.3 Å². The second-order valence-corrected chi connectivity index (χ2v) is 9.10. The molecule has 4 aromatic rings. The van der Waals surface area contributed by atoms with E-state index >= 15 is 0 Å². The molecule has 8 heteroatoms. The molecule has 0 saturated carbocycles. The number of amides is 1. The van der Waals surface area contributed by atoms with Gasteiger partial charge in [0.05, 0.1) is 22.1 Å². The number of hydrogen-bond donors (Lipinski definition) is 1. The second kappa shape index (κ2) is 7.70. The van der Waals surface area contributed by atoms with E-state index in [0.717, 1.165) is 17.4 Å². The van der Waals surface area contributed by atoms with E-state index < -0.39 is 15.7 Å². The van der Waals surface area contributed by atoms with Crippen molar-refractivity contribution in [2.75, 3.05) is 11.6 Å². The van der Waals surface area contributed by atoms with Gasteiger partial charge in [0.1, 0.15) is 5.52 Å². The molecule has 0 fully saturated rings. The third kappa shape index (κ3) is 4.17. The summed E-state index contributed by atoms with van der Waals surface area (Å²) in [6.07, 6.45) is 1.01. The first-order chi connectivity index (χ1) is 14.7. The van der Waals surface area contributed by atoms with Gasteiger partial charge in [0.2, 0.25) is 5.89 Å². The molecule has 0 saturated heterocycles. The van der Waals surface area contributed by atoms with Crippen molar-refractivity contribution in [1.82, 2.24) is 4.98 Å². The Balaban J connectivity index is 1.67. The van der Waals surface area contributed by atoms with Gasteiger partial charge in [-0.05, 0) is 55.5 Å². The van der Waals surface area contributed by atoms with Crippen molar-refractivity contribution in [1.29, 1.82) is 5.26 Å². The highest BCUT2D eigenvalue weighted by molar-refractivity contribution is 7.90. The molecule has 1 aromatic heterocycles. The van der Waals surface area contributed by atoms with Gasteiger partial charge in [0, 0.05) is 17.5 Å². The highest BCUT2D eigenvalue weighted by atomic mass is 32.2. The van der Waals surface area contributed by atoms with Gasteiger partial charge >= 0.3 is 0 Å². The lowest BCUT2D eigenvalue weighted by atomic mass is 10.1. The Labute approximate surface area is 178 Å². The summed E-state index contributed by atoms with van der Waals surface area (Å²) in [6, 6.07) is 18.5. The molecule has 3 aromatic carbocycles. The summed E-state index contributed by atoms with van der Waals surface area (Å²) in [5, 5.41) is 11.8. The van der Waals surface area contributed by atoms with Crippen LogP contribution in [0.5, 0.6) is 0 Å². The van der Waals surface area contributed by atoms with Crippen LogP contribution in [0.3, 0.4) is 0 Å². The second-order valence-electron chi connectivity index (χ2n) is 7.12. The number of aromatic nitrogens is 1. The number of benzene rings is 3. The van der Waals surface area contributed by atoms with Crippen LogP contribution >= 0.6 is 0 Å². The van der Waals surface area contributed by atoms with Crippen LogP contribution in [-0.4, -0.2) is 25.6 Å². The first-order valence-electron chi connectivity index (χ1n) is 9.28. The van der Waals surface area contributed by atoms with Crippen molar-refractivity contribution < 1.29 is 17.6 Å². The number of nitriles is 1. The molecule has 0 aliphatic carbocycles. The number of carbonyl (C=O) groups is 1. The molecular weight excluding hydrogens is 414 g/mol. The monoisotopic (exact) mass is 431 g/mol. The SMILES string of the molecule is Cc1ccc(-c2nc3cc(NC(=O)c4cc(C#N)ccc4S(C)(=O)=O)ccc3o2)cc1. The van der Waals surface area contributed by atoms with Crippen molar-refractivity contribution in [3.8, 4) is 17.5 Å². The molecule has 4 rings (SSSR count). The van der Waals surface area contributed by atoms with Crippen molar-refractivity contribution >= 4 is 32.5 Å². The van der Waals surface area contributed by atoms with Crippen LogP contribution < -0.4 is 5.32 Å². The Bertz CT molecular complexity index is 1460. The lowest BCUT2D eigenvalue weighted by Gasteiger charge is -2.09. The number of hydrogen-bond acceptors (Lipinski definition) is 6. The zero-order valence-corrected chi connectivity index (χ0v) is 17.5. The smallest absolute Gasteiger partial charge is 0.257 e. The minimum absolute atomic E-state index is 0.0952. The summed E-state index contributed by atoms with van der Waals surface area (Å²) >= 11 is 0. The molecule has 7 nitrogen and oxygen atoms in total. The maximum Gasteiger partial charge on any atom is 0.257 e. The molecule has 1 amide bonds. The summed E-state index contributed by atoms with van der Waals surface area (Å²) < 4.78 is 29.9. The number of fused-ring (bicyclic) bond motifs is 1. The molecule has 154 valence electrons. The molecule has 1 N–H and O–H groups in total. The van der Waals surface area contributed by atoms with Crippen molar-refractivity contribution in [3.05, 3.63) is 77.4 Å². The normalized spacial score (nSPS) is 11.3. The molecule has 0 aliphatic heterocycles. The lowest BCUT2D eigenvalue weighted by molar-refractivity contribution is 0.102. The van der Waals surface area contributed by atoms with Gasteiger partial charge in [0.15, 0.2) is 15.4 Å². The van der Waals surface area contributed by atoms with E-state index in [4.69, 9.17) is 9.68 Å². The maximum absolute atomic E-state index is 12.8. The summed E-state index contributed by atoms with van der Waals surface area (Å²) in [5.74, 6) is -0.182. The Hall–Kier alpha value is -3.96. The number of anilines is 1. The van der Waals surface area contributed by atoms with Crippen molar-refractivity contribution in [2.45, 2.75) is 11.8 Å². The number of sulfone groups is 1. The minimum Gasteiger partial charge on any atom is -0.436 e. The lowest BCUT2D eigenvalue weighted by Crippen LogP contribution is -2.16. The molecule has 0 bridgehead atoms. The van der Waals surface area contributed by atoms with E-state index in [9.17, 15) is 13.2 Å². The fraction of sp³-hybridized carbons (Fsp3) is 0.0870. The Morgan fingerprint density at radius 3 is 2.48 bits per heavy atom. The first kappa shape index (κ1) is 20.3. The number of aryl methyl sites for hydroxylation is 1. The first-order valence-corrected chi connectivity index (χ1v) is 11.2. The van der Waals surface area contributed by atoms with Crippen LogP contribution in [0.25, 0.3) is 22.6 Å². The molecular formula is C23H17N3O4S.